The van der Waals surface area contributed by atoms with E-state index in [4.69, 9.17) is 5.26 Å². The summed E-state index contributed by atoms with van der Waals surface area (Å²) in [6, 6.07) is 2.11. The van der Waals surface area contributed by atoms with Gasteiger partial charge in [0.25, 0.3) is 0 Å². The quantitative estimate of drug-likeness (QED) is 0.363. The molecule has 0 rings (SSSR count). The van der Waals surface area contributed by atoms with E-state index in [9.17, 15) is 4.79 Å². The fourth-order valence-electron chi connectivity index (χ4n) is 0.592. The Kier molecular flexibility index (Phi) is 5.62. The fourth-order valence-corrected chi connectivity index (χ4v) is 0.592. The van der Waals surface area contributed by atoms with E-state index in [2.05, 4.69) is 16.1 Å². The summed E-state index contributed by atoms with van der Waals surface area (Å²) in [4.78, 5) is 14.5. The van der Waals surface area contributed by atoms with Gasteiger partial charge in [0.2, 0.25) is 0 Å². The summed E-state index contributed by atoms with van der Waals surface area (Å²) < 4.78 is 0. The number of nitrogens with zero attached hydrogens (tertiary/aromatic N) is 2. The van der Waals surface area contributed by atoms with Gasteiger partial charge in [0, 0.05) is 19.6 Å². The molecule has 0 aromatic heterocycles. The minimum absolute atomic E-state index is 0.0377. The van der Waals surface area contributed by atoms with Crippen molar-refractivity contribution < 1.29 is 9.63 Å². The van der Waals surface area contributed by atoms with Gasteiger partial charge >= 0.3 is 5.97 Å². The first kappa shape index (κ1) is 10.6. The molecule has 0 aliphatic rings. The summed E-state index contributed by atoms with van der Waals surface area (Å²) in [5.41, 5.74) is 0. The molecule has 0 saturated heterocycles. The molecule has 0 N–H and O–H groups in total. The van der Waals surface area contributed by atoms with Gasteiger partial charge in [0.15, 0.2) is 0 Å². The molecule has 0 heterocycles. The lowest BCUT2D eigenvalue weighted by atomic mass is 10.1. The molecule has 1 unspecified atom stereocenters. The van der Waals surface area contributed by atoms with Gasteiger partial charge in [-0.25, -0.2) is 4.79 Å². The lowest BCUT2D eigenvalue weighted by molar-refractivity contribution is -0.140. The second kappa shape index (κ2) is 6.35. The Hall–Kier alpha value is -1.37. The summed E-state index contributed by atoms with van der Waals surface area (Å²) >= 11 is 0. The van der Waals surface area contributed by atoms with Crippen LogP contribution in [0.5, 0.6) is 0 Å². The largest absolute Gasteiger partial charge is 0.331 e. The maximum absolute atomic E-state index is 10.2. The third-order valence-electron chi connectivity index (χ3n) is 1.32. The molecule has 0 amide bonds. The van der Waals surface area contributed by atoms with Crippen molar-refractivity contribution in [1.82, 2.24) is 0 Å². The predicted molar refractivity (Wildman–Crippen MR) is 44.3 cm³/mol. The molecule has 66 valence electrons. The average molecular weight is 168 g/mol. The van der Waals surface area contributed by atoms with E-state index in [0.29, 0.717) is 6.42 Å². The Balaban J connectivity index is 3.60. The molecular weight excluding hydrogens is 156 g/mol. The summed E-state index contributed by atoms with van der Waals surface area (Å²) in [6.07, 6.45) is 2.75. The number of carbonyl (C=O) groups is 1. The SMILES string of the molecule is CCC(C#N)CC=NOC(C)=O. The number of nitriles is 1. The van der Waals surface area contributed by atoms with Crippen molar-refractivity contribution in [3.8, 4) is 6.07 Å². The van der Waals surface area contributed by atoms with Crippen molar-refractivity contribution in [3.05, 3.63) is 0 Å². The highest BCUT2D eigenvalue weighted by Crippen LogP contribution is 2.03. The number of oxime groups is 1. The van der Waals surface area contributed by atoms with Gasteiger partial charge in [-0.1, -0.05) is 12.1 Å². The van der Waals surface area contributed by atoms with E-state index in [0.717, 1.165) is 6.42 Å². The average Bonchev–Trinajstić information content (AvgIpc) is 2.04. The van der Waals surface area contributed by atoms with Gasteiger partial charge in [0.1, 0.15) is 0 Å². The van der Waals surface area contributed by atoms with Crippen LogP contribution in [0.3, 0.4) is 0 Å². The third-order valence-corrected chi connectivity index (χ3v) is 1.32. The summed E-state index contributed by atoms with van der Waals surface area (Å²) in [7, 11) is 0. The maximum atomic E-state index is 10.2. The molecule has 0 bridgehead atoms. The van der Waals surface area contributed by atoms with Crippen LogP contribution in [0.25, 0.3) is 0 Å². The van der Waals surface area contributed by atoms with Crippen molar-refractivity contribution in [2.75, 3.05) is 0 Å². The van der Waals surface area contributed by atoms with Crippen LogP contribution in [0, 0.1) is 17.2 Å². The first-order valence-electron chi connectivity index (χ1n) is 3.79. The standard InChI is InChI=1S/C8H12N2O2/c1-3-8(6-9)4-5-10-12-7(2)11/h5,8H,3-4H2,1-2H3. The highest BCUT2D eigenvalue weighted by atomic mass is 16.7. The van der Waals surface area contributed by atoms with Crippen molar-refractivity contribution >= 4 is 12.2 Å². The topological polar surface area (TPSA) is 62.4 Å². The van der Waals surface area contributed by atoms with Crippen LogP contribution >= 0.6 is 0 Å². The van der Waals surface area contributed by atoms with Gasteiger partial charge in [0.05, 0.1) is 12.0 Å². The Morgan fingerprint density at radius 2 is 2.50 bits per heavy atom. The van der Waals surface area contributed by atoms with Crippen LogP contribution in [-0.2, 0) is 9.63 Å². The molecule has 0 aromatic rings. The van der Waals surface area contributed by atoms with Crippen LogP contribution in [0.4, 0.5) is 0 Å². The number of rotatable bonds is 4. The molecular formula is C8H12N2O2. The van der Waals surface area contributed by atoms with Gasteiger partial charge in [-0.15, -0.1) is 0 Å². The van der Waals surface area contributed by atoms with Gasteiger partial charge < -0.3 is 4.84 Å². The van der Waals surface area contributed by atoms with Crippen LogP contribution in [0.1, 0.15) is 26.7 Å². The monoisotopic (exact) mass is 168 g/mol. The Morgan fingerprint density at radius 3 is 2.92 bits per heavy atom. The molecule has 0 fully saturated rings. The molecule has 0 radical (unpaired) electrons. The van der Waals surface area contributed by atoms with E-state index < -0.39 is 5.97 Å². The molecule has 12 heavy (non-hydrogen) atoms. The van der Waals surface area contributed by atoms with E-state index >= 15 is 0 Å². The molecule has 0 spiro atoms. The van der Waals surface area contributed by atoms with Crippen molar-refractivity contribution in [3.63, 3.8) is 0 Å². The van der Waals surface area contributed by atoms with Gasteiger partial charge in [-0.3, -0.25) is 0 Å². The van der Waals surface area contributed by atoms with Crippen LogP contribution in [0.2, 0.25) is 0 Å². The van der Waals surface area contributed by atoms with Gasteiger partial charge in [-0.2, -0.15) is 5.26 Å². The highest BCUT2D eigenvalue weighted by molar-refractivity contribution is 5.67. The Morgan fingerprint density at radius 1 is 1.83 bits per heavy atom. The summed E-state index contributed by atoms with van der Waals surface area (Å²) in [6.45, 7) is 3.20. The second-order valence-corrected chi connectivity index (χ2v) is 2.34. The number of carbonyl (C=O) groups excluding carboxylic acids is 1. The van der Waals surface area contributed by atoms with Gasteiger partial charge in [-0.05, 0) is 6.42 Å². The number of hydrogen-bond acceptors (Lipinski definition) is 4. The Bertz CT molecular complexity index is 206. The van der Waals surface area contributed by atoms with Crippen molar-refractivity contribution in [1.29, 1.82) is 5.26 Å². The van der Waals surface area contributed by atoms with E-state index in [1.807, 2.05) is 6.92 Å². The van der Waals surface area contributed by atoms with Crippen LogP contribution < -0.4 is 0 Å². The molecule has 0 saturated carbocycles. The lowest BCUT2D eigenvalue weighted by Crippen LogP contribution is -1.97. The van der Waals surface area contributed by atoms with E-state index in [-0.39, 0.29) is 5.92 Å². The molecule has 4 heteroatoms. The summed E-state index contributed by atoms with van der Waals surface area (Å²) in [5, 5.41) is 11.9. The molecule has 0 aliphatic carbocycles. The van der Waals surface area contributed by atoms with Crippen LogP contribution in [0.15, 0.2) is 5.16 Å². The lowest BCUT2D eigenvalue weighted by Gasteiger charge is -1.97. The van der Waals surface area contributed by atoms with Crippen molar-refractivity contribution in [2.24, 2.45) is 11.1 Å². The Labute approximate surface area is 71.8 Å². The first-order valence-corrected chi connectivity index (χ1v) is 3.79. The smallest absolute Gasteiger partial charge is 0.319 e. The zero-order valence-electron chi connectivity index (χ0n) is 7.28. The molecule has 0 aliphatic heterocycles. The zero-order valence-corrected chi connectivity index (χ0v) is 7.28. The van der Waals surface area contributed by atoms with E-state index in [1.165, 1.54) is 13.1 Å². The second-order valence-electron chi connectivity index (χ2n) is 2.34. The van der Waals surface area contributed by atoms with Crippen LogP contribution in [-0.4, -0.2) is 12.2 Å². The maximum Gasteiger partial charge on any atom is 0.331 e. The third kappa shape index (κ3) is 5.42. The van der Waals surface area contributed by atoms with E-state index in [1.54, 1.807) is 0 Å². The first-order chi connectivity index (χ1) is 5.70. The predicted octanol–water partition coefficient (Wildman–Crippen LogP) is 1.48. The molecule has 4 nitrogen and oxygen atoms in total. The number of hydrogen-bond donors (Lipinski definition) is 0. The normalized spacial score (nSPS) is 12.4. The molecule has 0 aromatic carbocycles. The summed E-state index contributed by atoms with van der Waals surface area (Å²) in [5.74, 6) is -0.486. The minimum atomic E-state index is -0.448. The highest BCUT2D eigenvalue weighted by Gasteiger charge is 2.00. The van der Waals surface area contributed by atoms with Crippen molar-refractivity contribution in [2.45, 2.75) is 26.7 Å². The molecule has 1 atom stereocenters. The minimum Gasteiger partial charge on any atom is -0.319 e. The zero-order chi connectivity index (χ0) is 9.40. The fraction of sp³-hybridized carbons (Fsp3) is 0.625.